The lowest BCUT2D eigenvalue weighted by atomic mass is 9.83. The van der Waals surface area contributed by atoms with Gasteiger partial charge in [-0.1, -0.05) is 142 Å². The smallest absolute Gasteiger partial charge is 0.169 e. The van der Waals surface area contributed by atoms with Gasteiger partial charge in [-0.25, -0.2) is 9.98 Å². The lowest BCUT2D eigenvalue weighted by molar-refractivity contribution is 0.450. The Morgan fingerprint density at radius 3 is 1.90 bits per heavy atom. The van der Waals surface area contributed by atoms with Crippen molar-refractivity contribution in [3.63, 3.8) is 0 Å². The van der Waals surface area contributed by atoms with Crippen LogP contribution < -0.4 is 10.6 Å². The molecule has 0 aliphatic carbocycles. The second-order valence-corrected chi connectivity index (χ2v) is 14.1. The number of nitrogens with zero attached hydrogens (tertiary/aromatic N) is 2. The van der Waals surface area contributed by atoms with E-state index in [4.69, 9.17) is 9.98 Å². The molecule has 6 aromatic rings. The molecule has 0 saturated carbocycles. The first-order chi connectivity index (χ1) is 23.8. The summed E-state index contributed by atoms with van der Waals surface area (Å²) in [5.41, 5.74) is 8.95. The first-order valence-electron chi connectivity index (χ1n) is 17.1. The molecule has 0 amide bonds. The van der Waals surface area contributed by atoms with Crippen molar-refractivity contribution in [2.24, 2.45) is 15.4 Å². The van der Waals surface area contributed by atoms with Gasteiger partial charge in [0.2, 0.25) is 0 Å². The van der Waals surface area contributed by atoms with Gasteiger partial charge in [0.05, 0.1) is 0 Å². The largest absolute Gasteiger partial charge is 0.381 e. The summed E-state index contributed by atoms with van der Waals surface area (Å²) >= 11 is 0. The summed E-state index contributed by atoms with van der Waals surface area (Å²) < 4.78 is 0. The van der Waals surface area contributed by atoms with Crippen LogP contribution in [0.15, 0.2) is 161 Å². The van der Waals surface area contributed by atoms with Gasteiger partial charge in [0.15, 0.2) is 6.17 Å². The Hall–Kier alpha value is -5.74. The fourth-order valence-electron chi connectivity index (χ4n) is 7.02. The van der Waals surface area contributed by atoms with E-state index in [1.54, 1.807) is 0 Å². The number of benzene rings is 6. The van der Waals surface area contributed by atoms with Crippen LogP contribution in [0.25, 0.3) is 38.2 Å². The van der Waals surface area contributed by atoms with Crippen LogP contribution in [0.2, 0.25) is 0 Å². The molecule has 8 rings (SSSR count). The second-order valence-electron chi connectivity index (χ2n) is 14.1. The SMILES string of the molecule is CC1C=CC(c2cc(C3=NC(c4ccccc4)N=C(c4ccccc4)N3)cc(-c3cc4ccccc4c4ccccc34)c2)=C(C(C)(C)C)N1. The van der Waals surface area contributed by atoms with Crippen molar-refractivity contribution in [1.82, 2.24) is 10.6 Å². The molecule has 0 radical (unpaired) electrons. The van der Waals surface area contributed by atoms with Crippen molar-refractivity contribution < 1.29 is 0 Å². The van der Waals surface area contributed by atoms with E-state index in [9.17, 15) is 0 Å². The minimum atomic E-state index is -0.372. The Morgan fingerprint density at radius 1 is 0.571 bits per heavy atom. The summed E-state index contributed by atoms with van der Waals surface area (Å²) in [5.74, 6) is 1.61. The van der Waals surface area contributed by atoms with Gasteiger partial charge in [0, 0.05) is 33.9 Å². The van der Waals surface area contributed by atoms with Crippen molar-refractivity contribution in [2.45, 2.75) is 39.9 Å². The molecule has 0 saturated heterocycles. The van der Waals surface area contributed by atoms with E-state index in [0.29, 0.717) is 0 Å². The van der Waals surface area contributed by atoms with Crippen LogP contribution in [0.4, 0.5) is 0 Å². The summed E-state index contributed by atoms with van der Waals surface area (Å²) in [5, 5.41) is 12.4. The molecule has 240 valence electrons. The first-order valence-corrected chi connectivity index (χ1v) is 17.1. The Morgan fingerprint density at radius 2 is 1.16 bits per heavy atom. The Bertz CT molecular complexity index is 2320. The van der Waals surface area contributed by atoms with Crippen molar-refractivity contribution in [3.05, 3.63) is 174 Å². The molecule has 2 N–H and O–H groups in total. The van der Waals surface area contributed by atoms with Crippen molar-refractivity contribution in [1.29, 1.82) is 0 Å². The van der Waals surface area contributed by atoms with E-state index in [2.05, 4.69) is 172 Å². The maximum Gasteiger partial charge on any atom is 0.169 e. The van der Waals surface area contributed by atoms with Gasteiger partial charge in [0.25, 0.3) is 0 Å². The van der Waals surface area contributed by atoms with Gasteiger partial charge < -0.3 is 10.6 Å². The number of fused-ring (bicyclic) bond motifs is 3. The molecule has 49 heavy (non-hydrogen) atoms. The number of dihydropyridines is 1. The minimum absolute atomic E-state index is 0.0771. The molecule has 0 aromatic heterocycles. The van der Waals surface area contributed by atoms with Crippen LogP contribution in [-0.4, -0.2) is 17.7 Å². The predicted octanol–water partition coefficient (Wildman–Crippen LogP) is 10.5. The third-order valence-corrected chi connectivity index (χ3v) is 9.42. The first kappa shape index (κ1) is 30.6. The highest BCUT2D eigenvalue weighted by atomic mass is 15.2. The van der Waals surface area contributed by atoms with Crippen LogP contribution in [0.1, 0.15) is 56.1 Å². The third-order valence-electron chi connectivity index (χ3n) is 9.42. The standard InChI is InChI=1S/C45H40N4/c1-29-23-24-37(41(46-29)45(2,3)4)33-25-34(40-28-32-19-11-12-20-36(32)38-21-13-14-22-39(38)40)27-35(26-33)44-48-42(30-15-7-5-8-16-30)47-43(49-44)31-17-9-6-10-18-31/h5-29,42,46H,1-4H3,(H,47,48,49). The number of allylic oxidation sites excluding steroid dienone is 3. The fraction of sp³-hybridized carbons (Fsp3) is 0.156. The number of rotatable bonds is 5. The lowest BCUT2D eigenvalue weighted by Gasteiger charge is -2.32. The average molecular weight is 637 g/mol. The molecule has 0 bridgehead atoms. The topological polar surface area (TPSA) is 48.8 Å². The van der Waals surface area contributed by atoms with Crippen LogP contribution >= 0.6 is 0 Å². The van der Waals surface area contributed by atoms with E-state index < -0.39 is 0 Å². The van der Waals surface area contributed by atoms with Gasteiger partial charge in [-0.2, -0.15) is 0 Å². The molecule has 2 unspecified atom stereocenters. The molecular weight excluding hydrogens is 597 g/mol. The predicted molar refractivity (Wildman–Crippen MR) is 207 cm³/mol. The fourth-order valence-corrected chi connectivity index (χ4v) is 7.02. The molecule has 4 nitrogen and oxygen atoms in total. The molecule has 2 aliphatic heterocycles. The van der Waals surface area contributed by atoms with Crippen LogP contribution in [-0.2, 0) is 0 Å². The Labute approximate surface area is 288 Å². The Balaban J connectivity index is 1.38. The van der Waals surface area contributed by atoms with Crippen molar-refractivity contribution in [2.75, 3.05) is 0 Å². The summed E-state index contributed by atoms with van der Waals surface area (Å²) in [4.78, 5) is 10.4. The van der Waals surface area contributed by atoms with Gasteiger partial charge in [-0.05, 0) is 75.0 Å². The molecule has 0 fully saturated rings. The molecule has 0 spiro atoms. The number of amidine groups is 2. The lowest BCUT2D eigenvalue weighted by Crippen LogP contribution is -2.36. The highest BCUT2D eigenvalue weighted by Crippen LogP contribution is 2.39. The van der Waals surface area contributed by atoms with Crippen molar-refractivity contribution >= 4 is 38.8 Å². The molecule has 2 heterocycles. The third kappa shape index (κ3) is 5.95. The minimum Gasteiger partial charge on any atom is -0.381 e. The summed E-state index contributed by atoms with van der Waals surface area (Å²) in [6.07, 6.45) is 4.18. The number of aliphatic imine (C=N–C) groups is 2. The maximum absolute atomic E-state index is 5.28. The zero-order valence-electron chi connectivity index (χ0n) is 28.4. The van der Waals surface area contributed by atoms with E-state index in [1.165, 1.54) is 38.4 Å². The highest BCUT2D eigenvalue weighted by molar-refractivity contribution is 6.17. The van der Waals surface area contributed by atoms with Gasteiger partial charge in [-0.3, -0.25) is 0 Å². The Kier molecular flexibility index (Phi) is 7.72. The highest BCUT2D eigenvalue weighted by Gasteiger charge is 2.27. The molecular formula is C45H40N4. The van der Waals surface area contributed by atoms with E-state index in [1.807, 2.05) is 12.1 Å². The quantitative estimate of drug-likeness (QED) is 0.185. The van der Waals surface area contributed by atoms with Crippen LogP contribution in [0.5, 0.6) is 0 Å². The monoisotopic (exact) mass is 636 g/mol. The second kappa shape index (κ2) is 12.4. The number of nitrogens with one attached hydrogen (secondary N) is 2. The van der Waals surface area contributed by atoms with Crippen LogP contribution in [0.3, 0.4) is 0 Å². The number of hydrogen-bond donors (Lipinski definition) is 2. The molecule has 2 atom stereocenters. The summed E-state index contributed by atoms with van der Waals surface area (Å²) in [7, 11) is 0. The van der Waals surface area contributed by atoms with E-state index in [-0.39, 0.29) is 17.6 Å². The summed E-state index contributed by atoms with van der Waals surface area (Å²) in [6, 6.07) is 47.7. The average Bonchev–Trinajstić information content (AvgIpc) is 3.14. The normalized spacial score (nSPS) is 17.8. The van der Waals surface area contributed by atoms with Crippen molar-refractivity contribution in [3.8, 4) is 11.1 Å². The molecule has 2 aliphatic rings. The zero-order chi connectivity index (χ0) is 33.5. The number of hydrogen-bond acceptors (Lipinski definition) is 4. The molecule has 4 heteroatoms. The van der Waals surface area contributed by atoms with E-state index in [0.717, 1.165) is 39.5 Å². The summed E-state index contributed by atoms with van der Waals surface area (Å²) in [6.45, 7) is 9.05. The molecule has 6 aromatic carbocycles. The zero-order valence-corrected chi connectivity index (χ0v) is 28.4. The van der Waals surface area contributed by atoms with E-state index >= 15 is 0 Å². The van der Waals surface area contributed by atoms with Gasteiger partial charge in [-0.15, -0.1) is 0 Å². The maximum atomic E-state index is 5.28. The van der Waals surface area contributed by atoms with Crippen LogP contribution in [0, 0.1) is 5.41 Å². The van der Waals surface area contributed by atoms with Gasteiger partial charge >= 0.3 is 0 Å². The van der Waals surface area contributed by atoms with Gasteiger partial charge in [0.1, 0.15) is 11.7 Å².